The summed E-state index contributed by atoms with van der Waals surface area (Å²) in [6, 6.07) is 13.5. The van der Waals surface area contributed by atoms with Gasteiger partial charge in [-0.2, -0.15) is 0 Å². The van der Waals surface area contributed by atoms with Gasteiger partial charge in [-0.25, -0.2) is 0 Å². The molecule has 0 radical (unpaired) electrons. The molecule has 2 saturated heterocycles. The number of carbonyl (C=O) groups excluding carboxylic acids is 3. The lowest BCUT2D eigenvalue weighted by atomic mass is 9.82. The first-order valence-electron chi connectivity index (χ1n) is 14.0. The highest BCUT2D eigenvalue weighted by atomic mass is 28.3. The van der Waals surface area contributed by atoms with Crippen LogP contribution in [0.1, 0.15) is 32.3 Å². The molecule has 0 aliphatic carbocycles. The van der Waals surface area contributed by atoms with Gasteiger partial charge in [-0.1, -0.05) is 43.4 Å². The Morgan fingerprint density at radius 2 is 1.93 bits per heavy atom. The van der Waals surface area contributed by atoms with Crippen LogP contribution in [0.2, 0.25) is 18.6 Å². The molecule has 2 aromatic carbocycles. The quantitative estimate of drug-likeness (QED) is 0.210. The van der Waals surface area contributed by atoms with Crippen molar-refractivity contribution in [3.63, 3.8) is 0 Å². The fourth-order valence-corrected chi connectivity index (χ4v) is 11.2. The Morgan fingerprint density at radius 3 is 2.51 bits per heavy atom. The van der Waals surface area contributed by atoms with Crippen LogP contribution in [0, 0.1) is 5.92 Å². The minimum atomic E-state index is -2.31. The maximum Gasteiger partial charge on any atom is 0.304 e. The van der Waals surface area contributed by atoms with Crippen LogP contribution in [-0.4, -0.2) is 63.6 Å². The Morgan fingerprint density at radius 1 is 1.22 bits per heavy atom. The van der Waals surface area contributed by atoms with Crippen molar-refractivity contribution >= 4 is 42.4 Å². The number of carbonyl (C=O) groups is 3. The molecule has 5 atom stereocenters. The van der Waals surface area contributed by atoms with E-state index >= 15 is 0 Å². The third-order valence-electron chi connectivity index (χ3n) is 9.03. The average molecular weight is 579 g/mol. The first kappa shape index (κ1) is 29.0. The summed E-state index contributed by atoms with van der Waals surface area (Å²) in [4.78, 5) is 41.8. The number of anilines is 2. The highest BCUT2D eigenvalue weighted by Gasteiger charge is 2.66. The maximum atomic E-state index is 14.4. The van der Waals surface area contributed by atoms with Gasteiger partial charge >= 0.3 is 5.97 Å². The molecule has 2 aromatic rings. The first-order valence-corrected chi connectivity index (χ1v) is 17.1. The topological polar surface area (TPSA) is 106 Å². The van der Waals surface area contributed by atoms with Crippen molar-refractivity contribution in [2.75, 3.05) is 30.1 Å². The number of esters is 1. The molecular weight excluding hydrogens is 540 g/mol. The third-order valence-corrected chi connectivity index (χ3v) is 13.4. The molecule has 3 heterocycles. The molecule has 0 bridgehead atoms. The molecule has 9 nitrogen and oxygen atoms in total. The van der Waals surface area contributed by atoms with Crippen LogP contribution < -0.4 is 19.7 Å². The van der Waals surface area contributed by atoms with E-state index in [2.05, 4.69) is 38.7 Å². The summed E-state index contributed by atoms with van der Waals surface area (Å²) in [6.45, 7) is 12.0. The molecule has 10 heteroatoms. The van der Waals surface area contributed by atoms with Gasteiger partial charge in [0.05, 0.1) is 33.4 Å². The van der Waals surface area contributed by atoms with Gasteiger partial charge in [0.15, 0.2) is 11.8 Å². The molecule has 1 N–H and O–H groups in total. The molecule has 3 aliphatic rings. The lowest BCUT2D eigenvalue weighted by Gasteiger charge is -2.39. The van der Waals surface area contributed by atoms with Gasteiger partial charge in [-0.15, -0.1) is 6.58 Å². The SMILES string of the molecule is C=CCN1C(=O)[C@@]2(O[C@@H](CCO)[C@H]([Si](C)(C)c3ccc(OC)cc3)[C@H]2C)c2cc(N3C(=O)CC3OC(C)=O)ccc21. The van der Waals surface area contributed by atoms with Gasteiger partial charge in [0.2, 0.25) is 5.91 Å². The number of aliphatic hydroxyl groups excluding tert-OH is 1. The lowest BCUT2D eigenvalue weighted by Crippen LogP contribution is -2.55. The van der Waals surface area contributed by atoms with E-state index < -0.39 is 25.9 Å². The Balaban J connectivity index is 1.62. The van der Waals surface area contributed by atoms with E-state index in [1.165, 1.54) is 17.0 Å². The van der Waals surface area contributed by atoms with E-state index in [-0.39, 0.29) is 42.4 Å². The number of rotatable bonds is 9. The van der Waals surface area contributed by atoms with Crippen LogP contribution in [0.25, 0.3) is 0 Å². The van der Waals surface area contributed by atoms with E-state index in [0.717, 1.165) is 5.75 Å². The van der Waals surface area contributed by atoms with Gasteiger partial charge in [0, 0.05) is 37.2 Å². The summed E-state index contributed by atoms with van der Waals surface area (Å²) in [7, 11) is -0.667. The third kappa shape index (κ3) is 4.49. The summed E-state index contributed by atoms with van der Waals surface area (Å²) in [5.41, 5.74) is 0.617. The summed E-state index contributed by atoms with van der Waals surface area (Å²) in [6.07, 6.45) is 1.14. The van der Waals surface area contributed by atoms with Crippen LogP contribution in [0.15, 0.2) is 55.1 Å². The van der Waals surface area contributed by atoms with Gasteiger partial charge in [-0.3, -0.25) is 19.3 Å². The molecule has 41 heavy (non-hydrogen) atoms. The molecule has 218 valence electrons. The zero-order chi connectivity index (χ0) is 29.7. The number of amides is 2. The zero-order valence-electron chi connectivity index (χ0n) is 24.3. The van der Waals surface area contributed by atoms with Gasteiger partial charge < -0.3 is 24.2 Å². The largest absolute Gasteiger partial charge is 0.497 e. The van der Waals surface area contributed by atoms with Crippen molar-refractivity contribution in [3.8, 4) is 5.75 Å². The standard InChI is InChI=1S/C31H38N2O7Si/c1-7-15-32-25-13-8-21(33-27(36)18-28(33)39-20(3)35)17-24(25)31(30(32)37)19(2)29(26(40-31)14-16-34)41(5,6)23-11-9-22(38-4)10-12-23/h7-13,17,19,26,28-29,34H,1,14-16,18H2,2-6H3/t19-,26+,28?,29-,31+/m1/s1. The molecule has 2 fully saturated rings. The van der Waals surface area contributed by atoms with Crippen molar-refractivity contribution in [1.29, 1.82) is 0 Å². The Kier molecular flexibility index (Phi) is 7.60. The normalized spacial score (nSPS) is 27.2. The summed E-state index contributed by atoms with van der Waals surface area (Å²) in [5.74, 6) is -0.269. The molecule has 1 spiro atoms. The number of benzene rings is 2. The number of ether oxygens (including phenoxy) is 3. The van der Waals surface area contributed by atoms with E-state index in [1.807, 2.05) is 24.3 Å². The minimum Gasteiger partial charge on any atom is -0.497 e. The molecule has 3 aliphatic heterocycles. The first-order chi connectivity index (χ1) is 19.5. The van der Waals surface area contributed by atoms with Crippen LogP contribution in [0.5, 0.6) is 5.75 Å². The molecule has 0 saturated carbocycles. The number of nitrogens with zero attached hydrogens (tertiary/aromatic N) is 2. The fraction of sp³-hybridized carbons (Fsp3) is 0.452. The van der Waals surface area contributed by atoms with Crippen molar-refractivity contribution in [2.24, 2.45) is 5.92 Å². The van der Waals surface area contributed by atoms with Gasteiger partial charge in [-0.05, 0) is 42.3 Å². The zero-order valence-corrected chi connectivity index (χ0v) is 25.3. The molecule has 2 amide bonds. The highest BCUT2D eigenvalue weighted by Crippen LogP contribution is 2.60. The Hall–Kier alpha value is -3.47. The van der Waals surface area contributed by atoms with Crippen molar-refractivity contribution < 1.29 is 33.7 Å². The number of aliphatic hydroxyl groups is 1. The highest BCUT2D eigenvalue weighted by molar-refractivity contribution is 6.91. The lowest BCUT2D eigenvalue weighted by molar-refractivity contribution is -0.153. The monoisotopic (exact) mass is 578 g/mol. The van der Waals surface area contributed by atoms with Gasteiger partial charge in [0.25, 0.3) is 5.91 Å². The second-order valence-corrected chi connectivity index (χ2v) is 16.3. The van der Waals surface area contributed by atoms with Crippen LogP contribution >= 0.6 is 0 Å². The Bertz CT molecular complexity index is 1380. The number of β-lactam (4-membered cyclic amide) rings is 1. The van der Waals surface area contributed by atoms with Crippen molar-refractivity contribution in [1.82, 2.24) is 0 Å². The second-order valence-electron chi connectivity index (χ2n) is 11.6. The second kappa shape index (κ2) is 10.7. The van der Waals surface area contributed by atoms with E-state index in [4.69, 9.17) is 14.2 Å². The number of methoxy groups -OCH3 is 1. The molecule has 0 aromatic heterocycles. The molecular formula is C31H38N2O7Si. The number of hydrogen-bond acceptors (Lipinski definition) is 7. The van der Waals surface area contributed by atoms with Crippen molar-refractivity contribution in [2.45, 2.75) is 63.3 Å². The summed E-state index contributed by atoms with van der Waals surface area (Å²) < 4.78 is 17.6. The van der Waals surface area contributed by atoms with E-state index in [0.29, 0.717) is 29.9 Å². The smallest absolute Gasteiger partial charge is 0.304 e. The number of fused-ring (bicyclic) bond motifs is 2. The predicted molar refractivity (Wildman–Crippen MR) is 158 cm³/mol. The van der Waals surface area contributed by atoms with Crippen LogP contribution in [0.3, 0.4) is 0 Å². The van der Waals surface area contributed by atoms with E-state index in [1.54, 1.807) is 24.2 Å². The van der Waals surface area contributed by atoms with Crippen LogP contribution in [-0.2, 0) is 29.5 Å². The Labute approximate surface area is 241 Å². The predicted octanol–water partition coefficient (Wildman–Crippen LogP) is 3.45. The van der Waals surface area contributed by atoms with Crippen molar-refractivity contribution in [3.05, 3.63) is 60.7 Å². The summed E-state index contributed by atoms with van der Waals surface area (Å²) >= 11 is 0. The van der Waals surface area contributed by atoms with Gasteiger partial charge in [0.1, 0.15) is 5.75 Å². The van der Waals surface area contributed by atoms with E-state index in [9.17, 15) is 19.5 Å². The molecule has 1 unspecified atom stereocenters. The average Bonchev–Trinajstić information content (AvgIpc) is 3.35. The summed E-state index contributed by atoms with van der Waals surface area (Å²) in [5, 5.41) is 11.3. The van der Waals surface area contributed by atoms with Crippen LogP contribution in [0.4, 0.5) is 11.4 Å². The maximum absolute atomic E-state index is 14.4. The molecule has 5 rings (SSSR count). The minimum absolute atomic E-state index is 0.00776. The fourth-order valence-electron chi connectivity index (χ4n) is 7.14. The number of hydrogen-bond donors (Lipinski definition) is 1.